The lowest BCUT2D eigenvalue weighted by atomic mass is 10.2. The molecule has 0 saturated carbocycles. The molecular formula is C14H12ClFN2O3S. The molecule has 2 N–H and O–H groups in total. The molecule has 0 unspecified atom stereocenters. The molecule has 5 nitrogen and oxygen atoms in total. The van der Waals surface area contributed by atoms with Crippen LogP contribution in [0, 0.1) is 5.82 Å². The summed E-state index contributed by atoms with van der Waals surface area (Å²) in [5.74, 6) is -1.22. The van der Waals surface area contributed by atoms with Gasteiger partial charge in [-0.05, 0) is 42.5 Å². The van der Waals surface area contributed by atoms with E-state index < -0.39 is 21.7 Å². The molecule has 2 rings (SSSR count). The number of amides is 1. The highest BCUT2D eigenvalue weighted by atomic mass is 35.5. The number of benzene rings is 2. The van der Waals surface area contributed by atoms with Gasteiger partial charge >= 0.3 is 0 Å². The van der Waals surface area contributed by atoms with Crippen LogP contribution in [-0.2, 0) is 10.0 Å². The van der Waals surface area contributed by atoms with Crippen molar-refractivity contribution in [3.8, 4) is 0 Å². The van der Waals surface area contributed by atoms with Crippen LogP contribution >= 0.6 is 11.6 Å². The second-order valence-corrected chi connectivity index (χ2v) is 6.71. The molecule has 0 atom stereocenters. The third-order valence-electron chi connectivity index (χ3n) is 2.63. The van der Waals surface area contributed by atoms with E-state index in [1.807, 2.05) is 4.72 Å². The van der Waals surface area contributed by atoms with E-state index in [2.05, 4.69) is 5.32 Å². The fourth-order valence-corrected chi connectivity index (χ4v) is 2.37. The van der Waals surface area contributed by atoms with Gasteiger partial charge in [-0.3, -0.25) is 9.52 Å². The van der Waals surface area contributed by atoms with Gasteiger partial charge in [-0.25, -0.2) is 12.8 Å². The van der Waals surface area contributed by atoms with E-state index in [4.69, 9.17) is 11.6 Å². The SMILES string of the molecule is CS(=O)(=O)Nc1ccc(NC(=O)c2ccc(Cl)cc2)cc1F. The molecule has 0 aliphatic heterocycles. The van der Waals surface area contributed by atoms with Gasteiger partial charge in [0.15, 0.2) is 0 Å². The molecule has 0 fully saturated rings. The predicted molar refractivity (Wildman–Crippen MR) is 84.3 cm³/mol. The van der Waals surface area contributed by atoms with Crippen LogP contribution in [0.4, 0.5) is 15.8 Å². The van der Waals surface area contributed by atoms with E-state index in [-0.39, 0.29) is 11.4 Å². The Bertz CT molecular complexity index is 807. The van der Waals surface area contributed by atoms with Crippen LogP contribution in [0.1, 0.15) is 10.4 Å². The molecule has 0 radical (unpaired) electrons. The Balaban J connectivity index is 2.15. The highest BCUT2D eigenvalue weighted by molar-refractivity contribution is 7.92. The number of carbonyl (C=O) groups excluding carboxylic acids is 1. The van der Waals surface area contributed by atoms with Crippen molar-refractivity contribution in [3.05, 3.63) is 58.9 Å². The third kappa shape index (κ3) is 4.44. The van der Waals surface area contributed by atoms with Crippen molar-refractivity contribution in [2.24, 2.45) is 0 Å². The van der Waals surface area contributed by atoms with E-state index >= 15 is 0 Å². The number of halogens is 2. The van der Waals surface area contributed by atoms with Crippen molar-refractivity contribution in [2.45, 2.75) is 0 Å². The first-order valence-corrected chi connectivity index (χ1v) is 8.36. The summed E-state index contributed by atoms with van der Waals surface area (Å²) >= 11 is 5.73. The van der Waals surface area contributed by atoms with Crippen LogP contribution in [0.5, 0.6) is 0 Å². The maximum Gasteiger partial charge on any atom is 0.255 e. The summed E-state index contributed by atoms with van der Waals surface area (Å²) in [5, 5.41) is 3.01. The van der Waals surface area contributed by atoms with E-state index in [0.717, 1.165) is 12.3 Å². The Morgan fingerprint density at radius 2 is 1.77 bits per heavy atom. The van der Waals surface area contributed by atoms with E-state index in [0.29, 0.717) is 10.6 Å². The van der Waals surface area contributed by atoms with Crippen molar-refractivity contribution in [1.82, 2.24) is 0 Å². The van der Waals surface area contributed by atoms with Crippen LogP contribution in [0.25, 0.3) is 0 Å². The summed E-state index contributed by atoms with van der Waals surface area (Å²) in [7, 11) is -3.57. The second kappa shape index (κ2) is 6.33. The standard InChI is InChI=1S/C14H12ClFN2O3S/c1-22(20,21)18-13-7-6-11(8-12(13)16)17-14(19)9-2-4-10(15)5-3-9/h2-8,18H,1H3,(H,17,19). The Hall–Kier alpha value is -2.12. The van der Waals surface area contributed by atoms with Crippen LogP contribution in [0.15, 0.2) is 42.5 Å². The number of carbonyl (C=O) groups is 1. The molecule has 116 valence electrons. The molecule has 0 spiro atoms. The first kappa shape index (κ1) is 16.3. The van der Waals surface area contributed by atoms with Gasteiger partial charge in [0, 0.05) is 16.3 Å². The monoisotopic (exact) mass is 342 g/mol. The average molecular weight is 343 g/mol. The van der Waals surface area contributed by atoms with E-state index in [1.165, 1.54) is 24.3 Å². The third-order valence-corrected chi connectivity index (χ3v) is 3.47. The first-order valence-electron chi connectivity index (χ1n) is 6.09. The summed E-state index contributed by atoms with van der Waals surface area (Å²) in [6.07, 6.45) is 0.919. The lowest BCUT2D eigenvalue weighted by Crippen LogP contribution is -2.13. The zero-order valence-electron chi connectivity index (χ0n) is 11.4. The molecule has 0 bridgehead atoms. The minimum atomic E-state index is -3.57. The minimum Gasteiger partial charge on any atom is -0.322 e. The highest BCUT2D eigenvalue weighted by Crippen LogP contribution is 2.20. The number of sulfonamides is 1. The molecule has 0 heterocycles. The van der Waals surface area contributed by atoms with Crippen LogP contribution < -0.4 is 10.0 Å². The van der Waals surface area contributed by atoms with Crippen molar-refractivity contribution in [3.63, 3.8) is 0 Å². The first-order chi connectivity index (χ1) is 10.2. The Labute approximate surface area is 132 Å². The van der Waals surface area contributed by atoms with Gasteiger partial charge in [0.25, 0.3) is 5.91 Å². The number of hydrogen-bond donors (Lipinski definition) is 2. The van der Waals surface area contributed by atoms with Gasteiger partial charge in [0.05, 0.1) is 11.9 Å². The maximum absolute atomic E-state index is 13.8. The summed E-state index contributed by atoms with van der Waals surface area (Å²) in [6.45, 7) is 0. The zero-order valence-corrected chi connectivity index (χ0v) is 13.0. The topological polar surface area (TPSA) is 75.3 Å². The Morgan fingerprint density at radius 3 is 2.32 bits per heavy atom. The average Bonchev–Trinajstić information content (AvgIpc) is 2.41. The Morgan fingerprint density at radius 1 is 1.14 bits per heavy atom. The lowest BCUT2D eigenvalue weighted by Gasteiger charge is -2.09. The van der Waals surface area contributed by atoms with Crippen molar-refractivity contribution in [2.75, 3.05) is 16.3 Å². The molecule has 8 heteroatoms. The number of rotatable bonds is 4. The predicted octanol–water partition coefficient (Wildman–Crippen LogP) is 3.10. The van der Waals surface area contributed by atoms with Gasteiger partial charge in [0.2, 0.25) is 10.0 Å². The van der Waals surface area contributed by atoms with Crippen LogP contribution in [0.2, 0.25) is 5.02 Å². The van der Waals surface area contributed by atoms with Gasteiger partial charge < -0.3 is 5.32 Å². The second-order valence-electron chi connectivity index (χ2n) is 4.53. The molecule has 2 aromatic carbocycles. The fraction of sp³-hybridized carbons (Fsp3) is 0.0714. The number of nitrogens with one attached hydrogen (secondary N) is 2. The number of anilines is 2. The fourth-order valence-electron chi connectivity index (χ4n) is 1.68. The number of hydrogen-bond acceptors (Lipinski definition) is 3. The summed E-state index contributed by atoms with van der Waals surface area (Å²) in [6, 6.07) is 9.85. The maximum atomic E-state index is 13.8. The van der Waals surface area contributed by atoms with E-state index in [1.54, 1.807) is 12.1 Å². The largest absolute Gasteiger partial charge is 0.322 e. The zero-order chi connectivity index (χ0) is 16.3. The Kier molecular flexibility index (Phi) is 4.68. The van der Waals surface area contributed by atoms with Crippen molar-refractivity contribution < 1.29 is 17.6 Å². The lowest BCUT2D eigenvalue weighted by molar-refractivity contribution is 0.102. The summed E-state index contributed by atoms with van der Waals surface area (Å²) in [4.78, 5) is 12.0. The van der Waals surface area contributed by atoms with Gasteiger partial charge in [-0.15, -0.1) is 0 Å². The molecular weight excluding hydrogens is 331 g/mol. The molecule has 2 aromatic rings. The van der Waals surface area contributed by atoms with Gasteiger partial charge in [-0.2, -0.15) is 0 Å². The van der Waals surface area contributed by atoms with Crippen molar-refractivity contribution >= 4 is 38.9 Å². The van der Waals surface area contributed by atoms with Crippen LogP contribution in [0.3, 0.4) is 0 Å². The molecule has 22 heavy (non-hydrogen) atoms. The smallest absolute Gasteiger partial charge is 0.255 e. The normalized spacial score (nSPS) is 11.0. The molecule has 0 aromatic heterocycles. The minimum absolute atomic E-state index is 0.188. The molecule has 0 saturated heterocycles. The summed E-state index contributed by atoms with van der Waals surface area (Å²) in [5.41, 5.74) is 0.381. The van der Waals surface area contributed by atoms with Gasteiger partial charge in [0.1, 0.15) is 5.82 Å². The van der Waals surface area contributed by atoms with E-state index in [9.17, 15) is 17.6 Å². The quantitative estimate of drug-likeness (QED) is 0.896. The van der Waals surface area contributed by atoms with Crippen LogP contribution in [-0.4, -0.2) is 20.6 Å². The molecule has 0 aliphatic carbocycles. The van der Waals surface area contributed by atoms with Crippen molar-refractivity contribution in [1.29, 1.82) is 0 Å². The molecule has 0 aliphatic rings. The summed E-state index contributed by atoms with van der Waals surface area (Å²) < 4.78 is 38.0. The van der Waals surface area contributed by atoms with Gasteiger partial charge in [-0.1, -0.05) is 11.6 Å². The highest BCUT2D eigenvalue weighted by Gasteiger charge is 2.10. The molecule has 1 amide bonds.